The summed E-state index contributed by atoms with van der Waals surface area (Å²) in [5, 5.41) is 5.69. The van der Waals surface area contributed by atoms with E-state index in [9.17, 15) is 0 Å². The van der Waals surface area contributed by atoms with Crippen LogP contribution >= 0.6 is 35.3 Å². The van der Waals surface area contributed by atoms with Crippen molar-refractivity contribution in [2.45, 2.75) is 38.6 Å². The molecule has 2 fully saturated rings. The molecule has 2 saturated heterocycles. The fraction of sp³-hybridized carbons (Fsp3) is 0.722. The first-order valence-corrected chi connectivity index (χ1v) is 9.94. The Morgan fingerprint density at radius 3 is 2.75 bits per heavy atom. The molecule has 2 atom stereocenters. The maximum absolute atomic E-state index is 5.02. The Kier molecular flexibility index (Phi) is 8.30. The van der Waals surface area contributed by atoms with Gasteiger partial charge in [-0.25, -0.2) is 0 Å². The van der Waals surface area contributed by atoms with Crippen LogP contribution in [0.5, 0.6) is 0 Å². The number of hydrogen-bond donors (Lipinski definition) is 1. The summed E-state index contributed by atoms with van der Waals surface area (Å²) in [5.41, 5.74) is 0. The number of aliphatic imine (C=N–C) groups is 1. The fourth-order valence-corrected chi connectivity index (χ4v) is 4.90. The Morgan fingerprint density at radius 2 is 2.08 bits per heavy atom. The summed E-state index contributed by atoms with van der Waals surface area (Å²) in [6.07, 6.45) is 5.18. The minimum absolute atomic E-state index is 0. The van der Waals surface area contributed by atoms with E-state index in [1.807, 2.05) is 11.3 Å². The number of hydrogen-bond acceptors (Lipinski definition) is 3. The molecule has 2 unspecified atom stereocenters. The summed E-state index contributed by atoms with van der Waals surface area (Å²) in [6, 6.07) is 5.00. The van der Waals surface area contributed by atoms with Gasteiger partial charge in [0.25, 0.3) is 0 Å². The minimum atomic E-state index is 0. The van der Waals surface area contributed by atoms with Crippen LogP contribution in [0.25, 0.3) is 0 Å². The smallest absolute Gasteiger partial charge is 0.193 e. The SMILES string of the molecule is CCNC(=NCC1CCCN(C)C1c1cccs1)N1CCCC1.I. The standard InChI is InChI=1S/C18H30N4S.HI/c1-3-19-18(22-11-4-5-12-22)20-14-15-8-6-10-21(2)17(15)16-9-7-13-23-16;/h7,9,13,15,17H,3-6,8,10-12,14H2,1-2H3,(H,19,20);1H. The molecule has 0 saturated carbocycles. The highest BCUT2D eigenvalue weighted by molar-refractivity contribution is 14.0. The van der Waals surface area contributed by atoms with E-state index in [0.29, 0.717) is 12.0 Å². The predicted molar refractivity (Wildman–Crippen MR) is 115 cm³/mol. The maximum Gasteiger partial charge on any atom is 0.193 e. The molecule has 1 aromatic rings. The monoisotopic (exact) mass is 462 g/mol. The van der Waals surface area contributed by atoms with Gasteiger partial charge in [0, 0.05) is 37.1 Å². The van der Waals surface area contributed by atoms with Gasteiger partial charge in [0.2, 0.25) is 0 Å². The zero-order valence-corrected chi connectivity index (χ0v) is 18.1. The largest absolute Gasteiger partial charge is 0.357 e. The van der Waals surface area contributed by atoms with E-state index in [2.05, 4.69) is 46.6 Å². The number of nitrogens with zero attached hydrogens (tertiary/aromatic N) is 3. The van der Waals surface area contributed by atoms with Crippen LogP contribution in [0.15, 0.2) is 22.5 Å². The van der Waals surface area contributed by atoms with E-state index in [-0.39, 0.29) is 24.0 Å². The van der Waals surface area contributed by atoms with Gasteiger partial charge in [-0.2, -0.15) is 0 Å². The molecule has 0 amide bonds. The zero-order chi connectivity index (χ0) is 16.1. The lowest BCUT2D eigenvalue weighted by atomic mass is 9.88. The van der Waals surface area contributed by atoms with E-state index >= 15 is 0 Å². The molecule has 2 aliphatic heterocycles. The number of halogens is 1. The molecule has 2 aliphatic rings. The Morgan fingerprint density at radius 1 is 1.29 bits per heavy atom. The second kappa shape index (κ2) is 9.97. The molecule has 136 valence electrons. The van der Waals surface area contributed by atoms with Gasteiger partial charge in [-0.3, -0.25) is 9.89 Å². The highest BCUT2D eigenvalue weighted by atomic mass is 127. The lowest BCUT2D eigenvalue weighted by Crippen LogP contribution is -2.41. The van der Waals surface area contributed by atoms with Gasteiger partial charge >= 0.3 is 0 Å². The molecule has 0 bridgehead atoms. The number of nitrogens with one attached hydrogen (secondary N) is 1. The Hall–Kier alpha value is -0.340. The molecule has 0 spiro atoms. The van der Waals surface area contributed by atoms with Crippen molar-refractivity contribution in [2.75, 3.05) is 39.8 Å². The van der Waals surface area contributed by atoms with Crippen LogP contribution in [0.1, 0.15) is 43.5 Å². The quantitative estimate of drug-likeness (QED) is 0.420. The third kappa shape index (κ3) is 4.85. The van der Waals surface area contributed by atoms with Crippen molar-refractivity contribution in [2.24, 2.45) is 10.9 Å². The number of piperidine rings is 1. The number of thiophene rings is 1. The molecule has 3 rings (SSSR count). The molecule has 6 heteroatoms. The number of guanidine groups is 1. The molecule has 0 radical (unpaired) electrons. The van der Waals surface area contributed by atoms with E-state index in [4.69, 9.17) is 4.99 Å². The van der Waals surface area contributed by atoms with E-state index in [1.54, 1.807) is 0 Å². The summed E-state index contributed by atoms with van der Waals surface area (Å²) in [7, 11) is 2.27. The van der Waals surface area contributed by atoms with Crippen LogP contribution in [0.3, 0.4) is 0 Å². The van der Waals surface area contributed by atoms with Crippen LogP contribution in [-0.2, 0) is 0 Å². The average Bonchev–Trinajstić information content (AvgIpc) is 3.24. The van der Waals surface area contributed by atoms with Crippen LogP contribution in [0, 0.1) is 5.92 Å². The molecule has 4 nitrogen and oxygen atoms in total. The molecular weight excluding hydrogens is 431 g/mol. The van der Waals surface area contributed by atoms with Gasteiger partial charge in [0.15, 0.2) is 5.96 Å². The van der Waals surface area contributed by atoms with Crippen molar-refractivity contribution in [3.05, 3.63) is 22.4 Å². The molecule has 0 aromatic carbocycles. The summed E-state index contributed by atoms with van der Waals surface area (Å²) < 4.78 is 0. The van der Waals surface area contributed by atoms with E-state index in [1.165, 1.54) is 37.1 Å². The lowest BCUT2D eigenvalue weighted by molar-refractivity contribution is 0.128. The molecule has 3 heterocycles. The highest BCUT2D eigenvalue weighted by Crippen LogP contribution is 2.37. The Bertz CT molecular complexity index is 499. The van der Waals surface area contributed by atoms with Gasteiger partial charge in [-0.05, 0) is 63.6 Å². The normalized spacial score (nSPS) is 25.6. The summed E-state index contributed by atoms with van der Waals surface area (Å²) in [5.74, 6) is 1.76. The van der Waals surface area contributed by atoms with E-state index < -0.39 is 0 Å². The van der Waals surface area contributed by atoms with Crippen molar-refractivity contribution >= 4 is 41.3 Å². The predicted octanol–water partition coefficient (Wildman–Crippen LogP) is 3.81. The van der Waals surface area contributed by atoms with Crippen molar-refractivity contribution < 1.29 is 0 Å². The topological polar surface area (TPSA) is 30.9 Å². The number of rotatable bonds is 4. The Labute approximate surface area is 167 Å². The first kappa shape index (κ1) is 20.0. The maximum atomic E-state index is 5.02. The van der Waals surface area contributed by atoms with Crippen LogP contribution in [-0.4, -0.2) is 55.5 Å². The van der Waals surface area contributed by atoms with E-state index in [0.717, 1.165) is 32.1 Å². The second-order valence-electron chi connectivity index (χ2n) is 6.73. The van der Waals surface area contributed by atoms with Crippen LogP contribution in [0.2, 0.25) is 0 Å². The van der Waals surface area contributed by atoms with Crippen molar-refractivity contribution in [1.29, 1.82) is 0 Å². The first-order valence-electron chi connectivity index (χ1n) is 9.06. The lowest BCUT2D eigenvalue weighted by Gasteiger charge is -2.38. The van der Waals surface area contributed by atoms with Crippen molar-refractivity contribution in [3.8, 4) is 0 Å². The van der Waals surface area contributed by atoms with Crippen LogP contribution in [0.4, 0.5) is 0 Å². The molecule has 24 heavy (non-hydrogen) atoms. The molecule has 1 N–H and O–H groups in total. The van der Waals surface area contributed by atoms with Gasteiger partial charge < -0.3 is 10.2 Å². The Balaban J connectivity index is 0.00000208. The summed E-state index contributed by atoms with van der Waals surface area (Å²) >= 11 is 1.89. The van der Waals surface area contributed by atoms with Gasteiger partial charge in [0.05, 0.1) is 0 Å². The van der Waals surface area contributed by atoms with Gasteiger partial charge in [-0.1, -0.05) is 6.07 Å². The van der Waals surface area contributed by atoms with Gasteiger partial charge in [0.1, 0.15) is 0 Å². The second-order valence-corrected chi connectivity index (χ2v) is 7.71. The third-order valence-electron chi connectivity index (χ3n) is 5.06. The zero-order valence-electron chi connectivity index (χ0n) is 14.9. The van der Waals surface area contributed by atoms with Gasteiger partial charge in [-0.15, -0.1) is 35.3 Å². The third-order valence-corrected chi connectivity index (χ3v) is 6.00. The molecule has 1 aromatic heterocycles. The molecule has 0 aliphatic carbocycles. The summed E-state index contributed by atoms with van der Waals surface area (Å²) in [4.78, 5) is 11.5. The fourth-order valence-electron chi connectivity index (χ4n) is 3.92. The summed E-state index contributed by atoms with van der Waals surface area (Å²) in [6.45, 7) is 7.57. The average molecular weight is 462 g/mol. The van der Waals surface area contributed by atoms with Crippen LogP contribution < -0.4 is 5.32 Å². The van der Waals surface area contributed by atoms with Crippen molar-refractivity contribution in [3.63, 3.8) is 0 Å². The number of likely N-dealkylation sites (tertiary alicyclic amines) is 2. The minimum Gasteiger partial charge on any atom is -0.357 e. The first-order chi connectivity index (χ1) is 11.3. The molecular formula is C18H31IN4S. The highest BCUT2D eigenvalue weighted by Gasteiger charge is 2.31. The van der Waals surface area contributed by atoms with Crippen molar-refractivity contribution in [1.82, 2.24) is 15.1 Å².